The number of rotatable bonds is 16. The molecule has 0 spiro atoms. The lowest BCUT2D eigenvalue weighted by molar-refractivity contribution is -0.144. The molecule has 2 aromatic heterocycles. The minimum Gasteiger partial charge on any atom is -0.494 e. The molecule has 70 heavy (non-hydrogen) atoms. The molecular formula is C51H58F3N9O6S. The van der Waals surface area contributed by atoms with E-state index in [9.17, 15) is 32.3 Å². The Bertz CT molecular complexity index is 2670. The van der Waals surface area contributed by atoms with E-state index >= 15 is 0 Å². The zero-order chi connectivity index (χ0) is 49.6. The predicted octanol–water partition coefficient (Wildman–Crippen LogP) is 7.58. The van der Waals surface area contributed by atoms with Gasteiger partial charge in [0.05, 0.1) is 34.8 Å². The molecule has 370 valence electrons. The number of benzene rings is 3. The van der Waals surface area contributed by atoms with Crippen molar-refractivity contribution in [3.05, 3.63) is 107 Å². The Morgan fingerprint density at radius 1 is 0.886 bits per heavy atom. The largest absolute Gasteiger partial charge is 0.494 e. The van der Waals surface area contributed by atoms with Crippen LogP contribution in [0.3, 0.4) is 0 Å². The van der Waals surface area contributed by atoms with E-state index in [1.54, 1.807) is 21.5 Å². The van der Waals surface area contributed by atoms with Gasteiger partial charge in [-0.3, -0.25) is 19.2 Å². The summed E-state index contributed by atoms with van der Waals surface area (Å²) in [4.78, 5) is 62.0. The van der Waals surface area contributed by atoms with Crippen LogP contribution < -0.4 is 15.4 Å². The molecule has 19 heteroatoms. The molecule has 5 heterocycles. The molecule has 15 nitrogen and oxygen atoms in total. The number of carbonyl (C=O) groups excluding carboxylic acids is 4. The number of likely N-dealkylation sites (tertiary alicyclic amines) is 2. The Labute approximate surface area is 408 Å². The van der Waals surface area contributed by atoms with Crippen LogP contribution in [0.4, 0.5) is 13.2 Å². The van der Waals surface area contributed by atoms with Crippen LogP contribution in [0.15, 0.2) is 83.4 Å². The first-order chi connectivity index (χ1) is 33.5. The van der Waals surface area contributed by atoms with Gasteiger partial charge in [0.25, 0.3) is 0 Å². The Kier molecular flexibility index (Phi) is 15.5. The lowest BCUT2D eigenvalue weighted by Gasteiger charge is -2.35. The molecule has 8 rings (SSSR count). The number of halogens is 3. The normalized spacial score (nSPS) is 17.0. The maximum absolute atomic E-state index is 14.0. The number of amides is 3. The highest BCUT2D eigenvalue weighted by atomic mass is 32.1. The minimum absolute atomic E-state index is 0.0959. The van der Waals surface area contributed by atoms with Crippen molar-refractivity contribution in [1.29, 1.82) is 0 Å². The van der Waals surface area contributed by atoms with Crippen LogP contribution in [0.25, 0.3) is 21.8 Å². The first kappa shape index (κ1) is 49.9. The molecule has 0 aliphatic carbocycles. The number of nitrogens with zero attached hydrogens (tertiary/aromatic N) is 7. The number of aromatic nitrogens is 4. The lowest BCUT2D eigenvalue weighted by Crippen LogP contribution is -2.58. The summed E-state index contributed by atoms with van der Waals surface area (Å²) in [5.74, 6) is 1.54. The van der Waals surface area contributed by atoms with Crippen molar-refractivity contribution in [2.24, 2.45) is 10.5 Å². The number of fused-ring (bicyclic) bond motifs is 1. The third-order valence-electron chi connectivity index (χ3n) is 12.9. The van der Waals surface area contributed by atoms with Crippen molar-refractivity contribution in [1.82, 2.24) is 40.3 Å². The zero-order valence-corrected chi connectivity index (χ0v) is 40.6. The number of Topliss-reactive ketones (excluding diaryl/α,β-unsaturated/α-hetero) is 1. The third-order valence-corrected chi connectivity index (χ3v) is 13.9. The monoisotopic (exact) mass is 981 g/mol. The van der Waals surface area contributed by atoms with Crippen LogP contribution in [-0.4, -0.2) is 111 Å². The summed E-state index contributed by atoms with van der Waals surface area (Å²) in [6.07, 6.45) is 0.0668. The second kappa shape index (κ2) is 21.7. The van der Waals surface area contributed by atoms with Gasteiger partial charge in [0.2, 0.25) is 17.7 Å². The van der Waals surface area contributed by atoms with Crippen LogP contribution in [0, 0.1) is 12.3 Å². The zero-order valence-electron chi connectivity index (χ0n) is 39.8. The average Bonchev–Trinajstić information content (AvgIpc) is 4.09. The molecule has 3 aliphatic rings. The van der Waals surface area contributed by atoms with E-state index in [4.69, 9.17) is 14.6 Å². The number of piperidine rings is 1. The van der Waals surface area contributed by atoms with Gasteiger partial charge in [0, 0.05) is 51.1 Å². The number of hydrogen-bond donors (Lipinski definition) is 2. The highest BCUT2D eigenvalue weighted by molar-refractivity contribution is 7.13. The molecule has 0 radical (unpaired) electrons. The van der Waals surface area contributed by atoms with Gasteiger partial charge in [-0.2, -0.15) is 22.9 Å². The van der Waals surface area contributed by atoms with Gasteiger partial charge in [-0.05, 0) is 84.9 Å². The fourth-order valence-corrected chi connectivity index (χ4v) is 9.78. The van der Waals surface area contributed by atoms with Crippen LogP contribution in [0.2, 0.25) is 0 Å². The number of ketones is 1. The quantitative estimate of drug-likeness (QED) is 0.0940. The lowest BCUT2D eigenvalue weighted by atomic mass is 9.85. The Morgan fingerprint density at radius 2 is 1.59 bits per heavy atom. The molecule has 3 aromatic carbocycles. The Balaban J connectivity index is 0.729. The van der Waals surface area contributed by atoms with Crippen molar-refractivity contribution >= 4 is 40.7 Å². The standard InChI is InChI=1S/C51H58F3N9O6S/c1-32-45(70-31-56-32)36-9-7-33(8-10-36)28-55-48(66)41-27-39(64)29-62(41)49(67)46(50(2,3)4)57-44(65)30-68-25-5-6-26-69-40-17-13-34(14-18-40)35-21-23-61(24-22-35)43-20-19-42-58-59-47(63(42)60-43)37-11-15-38(16-12-37)51(52,53)54/h7-18,31,35,41,46H,5-6,19-30H2,1-4H3,(H,55,66)(H,57,65). The smallest absolute Gasteiger partial charge is 0.416 e. The Hall–Kier alpha value is -6.47. The highest BCUT2D eigenvalue weighted by Gasteiger charge is 2.44. The maximum Gasteiger partial charge on any atom is 0.416 e. The predicted molar refractivity (Wildman–Crippen MR) is 258 cm³/mol. The topological polar surface area (TPSA) is 173 Å². The molecule has 3 aliphatic heterocycles. The number of ether oxygens (including phenoxy) is 2. The number of thiazole rings is 1. The van der Waals surface area contributed by atoms with Gasteiger partial charge in [-0.25, -0.2) is 4.98 Å². The molecule has 0 bridgehead atoms. The summed E-state index contributed by atoms with van der Waals surface area (Å²) in [7, 11) is 0. The number of nitrogens with one attached hydrogen (secondary N) is 2. The molecule has 2 fully saturated rings. The van der Waals surface area contributed by atoms with Crippen molar-refractivity contribution < 1.29 is 41.8 Å². The number of aryl methyl sites for hydroxylation is 2. The first-order valence-corrected chi connectivity index (χ1v) is 24.5. The van der Waals surface area contributed by atoms with E-state index < -0.39 is 47.0 Å². The van der Waals surface area contributed by atoms with Gasteiger partial charge < -0.3 is 29.9 Å². The van der Waals surface area contributed by atoms with Gasteiger partial charge in [-0.15, -0.1) is 21.5 Å². The second-order valence-corrected chi connectivity index (χ2v) is 19.9. The maximum atomic E-state index is 14.0. The average molecular weight is 982 g/mol. The van der Waals surface area contributed by atoms with Gasteiger partial charge in [0.1, 0.15) is 30.3 Å². The van der Waals surface area contributed by atoms with Gasteiger partial charge in [-0.1, -0.05) is 69.3 Å². The molecule has 2 atom stereocenters. The van der Waals surface area contributed by atoms with Crippen LogP contribution in [-0.2, 0) is 43.1 Å². The second-order valence-electron chi connectivity index (χ2n) is 19.1. The van der Waals surface area contributed by atoms with Crippen molar-refractivity contribution in [2.75, 3.05) is 39.5 Å². The van der Waals surface area contributed by atoms with Crippen LogP contribution in [0.5, 0.6) is 5.75 Å². The SMILES string of the molecule is Cc1ncsc1-c1ccc(CNC(=O)C2CC(=O)CN2C(=O)C(NC(=O)COCCCCOc2ccc(C3CCN(C4=Nn5c(nnc5-c5ccc(C(F)(F)F)cc5)CC4)CC3)cc2)C(C)(C)C)cc1. The summed E-state index contributed by atoms with van der Waals surface area (Å²) >= 11 is 1.56. The number of hydrogen-bond acceptors (Lipinski definition) is 12. The highest BCUT2D eigenvalue weighted by Crippen LogP contribution is 2.34. The fraction of sp³-hybridized carbons (Fsp3) is 0.451. The summed E-state index contributed by atoms with van der Waals surface area (Å²) in [6, 6.07) is 18.9. The number of alkyl halides is 3. The fourth-order valence-electron chi connectivity index (χ4n) is 8.97. The number of amidine groups is 1. The minimum atomic E-state index is -4.42. The first-order valence-electron chi connectivity index (χ1n) is 23.7. The molecule has 3 amide bonds. The molecule has 2 N–H and O–H groups in total. The molecular weight excluding hydrogens is 924 g/mol. The van der Waals surface area contributed by atoms with Gasteiger partial charge in [0.15, 0.2) is 17.4 Å². The van der Waals surface area contributed by atoms with E-state index in [-0.39, 0.29) is 31.9 Å². The summed E-state index contributed by atoms with van der Waals surface area (Å²) in [6.45, 7) is 9.59. The van der Waals surface area contributed by atoms with Crippen LogP contribution >= 0.6 is 11.3 Å². The molecule has 5 aromatic rings. The Morgan fingerprint density at radius 3 is 2.26 bits per heavy atom. The van der Waals surface area contributed by atoms with E-state index in [0.717, 1.165) is 71.3 Å². The van der Waals surface area contributed by atoms with Gasteiger partial charge >= 0.3 is 6.18 Å². The van der Waals surface area contributed by atoms with E-state index in [1.807, 2.05) is 64.1 Å². The van der Waals surface area contributed by atoms with Crippen molar-refractivity contribution in [2.45, 2.75) is 103 Å². The van der Waals surface area contributed by atoms with Crippen LogP contribution in [0.1, 0.15) is 93.4 Å². The summed E-state index contributed by atoms with van der Waals surface area (Å²) in [5.41, 5.74) is 4.98. The third kappa shape index (κ3) is 12.1. The van der Waals surface area contributed by atoms with E-state index in [1.165, 1.54) is 22.6 Å². The summed E-state index contributed by atoms with van der Waals surface area (Å²) < 4.78 is 52.7. The summed E-state index contributed by atoms with van der Waals surface area (Å²) in [5, 5.41) is 19.0. The van der Waals surface area contributed by atoms with E-state index in [0.29, 0.717) is 62.0 Å². The molecule has 0 saturated carbocycles. The van der Waals surface area contributed by atoms with Crippen molar-refractivity contribution in [3.63, 3.8) is 0 Å². The number of unbranched alkanes of at least 4 members (excludes halogenated alkanes) is 1. The molecule has 2 unspecified atom stereocenters. The van der Waals surface area contributed by atoms with Crippen molar-refractivity contribution in [3.8, 4) is 27.6 Å². The molecule has 2 saturated heterocycles. The number of carbonyl (C=O) groups is 4. The van der Waals surface area contributed by atoms with E-state index in [2.05, 4.69) is 42.8 Å².